The van der Waals surface area contributed by atoms with Crippen molar-refractivity contribution in [1.29, 1.82) is 5.41 Å². The highest BCUT2D eigenvalue weighted by Gasteiger charge is 2.00. The van der Waals surface area contributed by atoms with Crippen LogP contribution in [0.25, 0.3) is 0 Å². The minimum Gasteiger partial charge on any atom is -0.404 e. The second kappa shape index (κ2) is 3.83. The molecule has 0 radical (unpaired) electrons. The Morgan fingerprint density at radius 2 is 2.33 bits per heavy atom. The van der Waals surface area contributed by atoms with Gasteiger partial charge in [0.25, 0.3) is 0 Å². The van der Waals surface area contributed by atoms with E-state index in [1.54, 1.807) is 6.92 Å². The molecular weight excluding hydrogens is 116 g/mol. The molecule has 0 aromatic heterocycles. The first-order chi connectivity index (χ1) is 4.26. The van der Waals surface area contributed by atoms with E-state index in [0.717, 1.165) is 12.4 Å². The second-order valence-electron chi connectivity index (χ2n) is 1.54. The molecule has 3 nitrogen and oxygen atoms in total. The van der Waals surface area contributed by atoms with Gasteiger partial charge >= 0.3 is 0 Å². The number of rotatable bonds is 3. The van der Waals surface area contributed by atoms with Gasteiger partial charge in [0.05, 0.1) is 5.57 Å². The standard InChI is InChI=1S/C6H10N2O/c1-2-6(9)5(3-7)4-8/h3-4,7H,2,8H2,1H3/b5-4+,7-3?. The van der Waals surface area contributed by atoms with Crippen molar-refractivity contribution in [3.63, 3.8) is 0 Å². The van der Waals surface area contributed by atoms with E-state index in [2.05, 4.69) is 0 Å². The minimum atomic E-state index is -0.0903. The number of nitrogens with one attached hydrogen (secondary N) is 1. The Labute approximate surface area is 54.1 Å². The van der Waals surface area contributed by atoms with E-state index < -0.39 is 0 Å². The van der Waals surface area contributed by atoms with Crippen molar-refractivity contribution < 1.29 is 4.79 Å². The van der Waals surface area contributed by atoms with E-state index in [9.17, 15) is 4.79 Å². The molecule has 0 atom stereocenters. The Kier molecular flexibility index (Phi) is 3.35. The molecule has 0 fully saturated rings. The maximum atomic E-state index is 10.7. The molecule has 0 aromatic carbocycles. The van der Waals surface area contributed by atoms with Crippen molar-refractivity contribution >= 4 is 12.0 Å². The maximum absolute atomic E-state index is 10.7. The van der Waals surface area contributed by atoms with Gasteiger partial charge in [-0.3, -0.25) is 4.79 Å². The third-order valence-electron chi connectivity index (χ3n) is 0.978. The molecule has 0 rings (SSSR count). The van der Waals surface area contributed by atoms with Gasteiger partial charge in [0.1, 0.15) is 0 Å². The summed E-state index contributed by atoms with van der Waals surface area (Å²) in [5, 5.41) is 6.70. The van der Waals surface area contributed by atoms with Crippen LogP contribution in [0.3, 0.4) is 0 Å². The fraction of sp³-hybridized carbons (Fsp3) is 0.333. The van der Waals surface area contributed by atoms with Gasteiger partial charge in [-0.2, -0.15) is 0 Å². The summed E-state index contributed by atoms with van der Waals surface area (Å²) in [6.45, 7) is 1.73. The Bertz CT molecular complexity index is 149. The summed E-state index contributed by atoms with van der Waals surface area (Å²) in [6.07, 6.45) is 2.52. The van der Waals surface area contributed by atoms with Crippen LogP contribution in [0, 0.1) is 5.41 Å². The highest BCUT2D eigenvalue weighted by Crippen LogP contribution is 1.92. The molecule has 0 amide bonds. The quantitative estimate of drug-likeness (QED) is 0.426. The number of hydrogen-bond donors (Lipinski definition) is 2. The van der Waals surface area contributed by atoms with Crippen LogP contribution in [0.5, 0.6) is 0 Å². The fourth-order valence-corrected chi connectivity index (χ4v) is 0.426. The van der Waals surface area contributed by atoms with Gasteiger partial charge in [-0.1, -0.05) is 6.92 Å². The number of Topliss-reactive ketones (excluding diaryl/α,β-unsaturated/α-hetero) is 1. The van der Waals surface area contributed by atoms with E-state index in [4.69, 9.17) is 11.1 Å². The van der Waals surface area contributed by atoms with Gasteiger partial charge in [-0.15, -0.1) is 0 Å². The van der Waals surface area contributed by atoms with Crippen LogP contribution >= 0.6 is 0 Å². The molecular formula is C6H10N2O. The van der Waals surface area contributed by atoms with Crippen molar-refractivity contribution in [2.75, 3.05) is 0 Å². The normalized spacial score (nSPS) is 11.0. The van der Waals surface area contributed by atoms with Gasteiger partial charge in [0.2, 0.25) is 0 Å². The average Bonchev–Trinajstić information content (AvgIpc) is 1.90. The maximum Gasteiger partial charge on any atom is 0.165 e. The van der Waals surface area contributed by atoms with Crippen molar-refractivity contribution in [2.45, 2.75) is 13.3 Å². The first-order valence-corrected chi connectivity index (χ1v) is 2.71. The van der Waals surface area contributed by atoms with Crippen molar-refractivity contribution in [2.24, 2.45) is 5.73 Å². The SMILES string of the molecule is CCC(=O)/C(C=N)=C/N. The lowest BCUT2D eigenvalue weighted by molar-refractivity contribution is -0.114. The molecule has 0 saturated heterocycles. The molecule has 0 aliphatic carbocycles. The van der Waals surface area contributed by atoms with Crippen LogP contribution in [0.4, 0.5) is 0 Å². The van der Waals surface area contributed by atoms with Gasteiger partial charge in [0, 0.05) is 18.8 Å². The Morgan fingerprint density at radius 1 is 1.78 bits per heavy atom. The molecule has 0 aliphatic rings. The molecule has 0 spiro atoms. The van der Waals surface area contributed by atoms with Gasteiger partial charge in [0.15, 0.2) is 5.78 Å². The highest BCUT2D eigenvalue weighted by atomic mass is 16.1. The summed E-state index contributed by atoms with van der Waals surface area (Å²) >= 11 is 0. The average molecular weight is 126 g/mol. The predicted molar refractivity (Wildman–Crippen MR) is 36.4 cm³/mol. The molecule has 0 saturated carbocycles. The number of carbonyl (C=O) groups excluding carboxylic acids is 1. The van der Waals surface area contributed by atoms with Crippen molar-refractivity contribution in [3.8, 4) is 0 Å². The van der Waals surface area contributed by atoms with Crippen LogP contribution in [0.15, 0.2) is 11.8 Å². The van der Waals surface area contributed by atoms with Gasteiger partial charge < -0.3 is 11.1 Å². The van der Waals surface area contributed by atoms with E-state index >= 15 is 0 Å². The van der Waals surface area contributed by atoms with Gasteiger partial charge in [-0.25, -0.2) is 0 Å². The summed E-state index contributed by atoms with van der Waals surface area (Å²) in [5.41, 5.74) is 5.30. The largest absolute Gasteiger partial charge is 0.404 e. The monoisotopic (exact) mass is 126 g/mol. The fourth-order valence-electron chi connectivity index (χ4n) is 0.426. The van der Waals surface area contributed by atoms with Crippen LogP contribution in [0.2, 0.25) is 0 Å². The highest BCUT2D eigenvalue weighted by molar-refractivity contribution is 6.12. The Morgan fingerprint density at radius 3 is 2.44 bits per heavy atom. The van der Waals surface area contributed by atoms with E-state index in [0.29, 0.717) is 6.42 Å². The zero-order valence-corrected chi connectivity index (χ0v) is 5.35. The van der Waals surface area contributed by atoms with Crippen LogP contribution < -0.4 is 5.73 Å². The molecule has 3 heteroatoms. The summed E-state index contributed by atoms with van der Waals surface area (Å²) in [5.74, 6) is -0.0903. The molecule has 9 heavy (non-hydrogen) atoms. The smallest absolute Gasteiger partial charge is 0.165 e. The zero-order valence-electron chi connectivity index (χ0n) is 5.35. The molecule has 0 aliphatic heterocycles. The van der Waals surface area contributed by atoms with Crippen LogP contribution in [0.1, 0.15) is 13.3 Å². The second-order valence-corrected chi connectivity index (χ2v) is 1.54. The molecule has 0 bridgehead atoms. The van der Waals surface area contributed by atoms with Crippen molar-refractivity contribution in [3.05, 3.63) is 11.8 Å². The lowest BCUT2D eigenvalue weighted by Crippen LogP contribution is -2.03. The molecule has 50 valence electrons. The predicted octanol–water partition coefficient (Wildman–Crippen LogP) is 0.458. The van der Waals surface area contributed by atoms with E-state index in [1.807, 2.05) is 0 Å². The molecule has 0 aromatic rings. The first kappa shape index (κ1) is 7.88. The topological polar surface area (TPSA) is 66.9 Å². The summed E-state index contributed by atoms with van der Waals surface area (Å²) in [6, 6.07) is 0. The number of allylic oxidation sites excluding steroid dienone is 1. The molecule has 3 N–H and O–H groups in total. The van der Waals surface area contributed by atoms with Crippen LogP contribution in [-0.4, -0.2) is 12.0 Å². The summed E-state index contributed by atoms with van der Waals surface area (Å²) in [4.78, 5) is 10.7. The first-order valence-electron chi connectivity index (χ1n) is 2.71. The Hall–Kier alpha value is -1.12. The Balaban J connectivity index is 4.14. The lowest BCUT2D eigenvalue weighted by atomic mass is 10.1. The molecule has 0 heterocycles. The van der Waals surface area contributed by atoms with Crippen molar-refractivity contribution in [1.82, 2.24) is 0 Å². The van der Waals surface area contributed by atoms with Crippen LogP contribution in [-0.2, 0) is 4.79 Å². The summed E-state index contributed by atoms with van der Waals surface area (Å²) in [7, 11) is 0. The third kappa shape index (κ3) is 2.08. The number of ketones is 1. The summed E-state index contributed by atoms with van der Waals surface area (Å²) < 4.78 is 0. The lowest BCUT2D eigenvalue weighted by Gasteiger charge is -1.91. The van der Waals surface area contributed by atoms with Gasteiger partial charge in [-0.05, 0) is 0 Å². The number of hydrogen-bond acceptors (Lipinski definition) is 3. The van der Waals surface area contributed by atoms with E-state index in [1.165, 1.54) is 0 Å². The number of carbonyl (C=O) groups is 1. The number of nitrogens with two attached hydrogens (primary N) is 1. The van der Waals surface area contributed by atoms with E-state index in [-0.39, 0.29) is 11.4 Å². The third-order valence-corrected chi connectivity index (χ3v) is 0.978. The minimum absolute atomic E-state index is 0.0903. The zero-order chi connectivity index (χ0) is 7.28. The molecule has 0 unspecified atom stereocenters.